The number of β-lactam (4-membered cyclic amide) rings is 1. The van der Waals surface area contributed by atoms with Crippen molar-refractivity contribution in [3.05, 3.63) is 47.7 Å². The number of rotatable bonds is 13. The predicted octanol–water partition coefficient (Wildman–Crippen LogP) is 1.20. The number of aromatic nitrogens is 3. The average Bonchev–Trinajstić information content (AvgIpc) is 3.54. The predicted molar refractivity (Wildman–Crippen MR) is 156 cm³/mol. The Morgan fingerprint density at radius 3 is 2.69 bits per heavy atom. The maximum Gasteiger partial charge on any atom is 0.276 e. The molecule has 0 spiro atoms. The van der Waals surface area contributed by atoms with Gasteiger partial charge in [0.05, 0.1) is 23.8 Å². The molecule has 224 valence electrons. The van der Waals surface area contributed by atoms with E-state index in [1.165, 1.54) is 0 Å². The van der Waals surface area contributed by atoms with E-state index in [1.54, 1.807) is 19.2 Å². The highest BCUT2D eigenvalue weighted by molar-refractivity contribution is 7.88. The molecule has 5 N–H and O–H groups in total. The molecule has 0 saturated carbocycles. The van der Waals surface area contributed by atoms with Crippen molar-refractivity contribution >= 4 is 46.3 Å². The Labute approximate surface area is 250 Å². The van der Waals surface area contributed by atoms with Gasteiger partial charge in [-0.25, -0.2) is 4.98 Å². The average molecular weight is 618 g/mol. The van der Waals surface area contributed by atoms with Crippen molar-refractivity contribution in [2.45, 2.75) is 32.0 Å². The van der Waals surface area contributed by atoms with Crippen molar-refractivity contribution in [2.24, 2.45) is 18.1 Å². The highest BCUT2D eigenvalue weighted by atomic mass is 32.2. The van der Waals surface area contributed by atoms with Crippen LogP contribution in [0.15, 0.2) is 47.2 Å². The Kier molecular flexibility index (Phi) is 8.98. The second kappa shape index (κ2) is 12.7. The lowest BCUT2D eigenvalue weighted by Crippen LogP contribution is -2.76. The number of hydrogen-bond donors (Lipinski definition) is 4. The molecular formula is C26H33N8O6S2+. The topological polar surface area (TPSA) is 169 Å². The summed E-state index contributed by atoms with van der Waals surface area (Å²) in [7, 11) is 2.04. The van der Waals surface area contributed by atoms with Crippen molar-refractivity contribution in [3.8, 4) is 16.9 Å². The second-order valence-corrected chi connectivity index (χ2v) is 11.7. The lowest BCUT2D eigenvalue weighted by Gasteiger charge is -2.50. The van der Waals surface area contributed by atoms with E-state index in [9.17, 15) is 9.59 Å². The molecule has 1 atom stereocenters. The van der Waals surface area contributed by atoms with Crippen LogP contribution in [0.25, 0.3) is 11.1 Å². The van der Waals surface area contributed by atoms with Crippen LogP contribution in [0.1, 0.15) is 19.5 Å². The monoisotopic (exact) mass is 617 g/mol. The maximum absolute atomic E-state index is 13.1. The zero-order valence-electron chi connectivity index (χ0n) is 23.4. The summed E-state index contributed by atoms with van der Waals surface area (Å²) < 4.78 is 23.9. The molecule has 2 amide bonds. The minimum absolute atomic E-state index is 0.0482. The number of benzene rings is 1. The van der Waals surface area contributed by atoms with Gasteiger partial charge in [0.1, 0.15) is 24.1 Å². The summed E-state index contributed by atoms with van der Waals surface area (Å²) in [6, 6.07) is 6.88. The van der Waals surface area contributed by atoms with Crippen molar-refractivity contribution in [1.29, 1.82) is 0 Å². The van der Waals surface area contributed by atoms with Gasteiger partial charge in [0.15, 0.2) is 36.8 Å². The lowest BCUT2D eigenvalue weighted by molar-refractivity contribution is -0.754. The van der Waals surface area contributed by atoms with Crippen LogP contribution in [0.5, 0.6) is 5.75 Å². The molecule has 1 unspecified atom stereocenters. The van der Waals surface area contributed by atoms with Crippen LogP contribution < -0.4 is 25.8 Å². The van der Waals surface area contributed by atoms with Gasteiger partial charge in [-0.2, -0.15) is 14.0 Å². The van der Waals surface area contributed by atoms with Crippen molar-refractivity contribution in [1.82, 2.24) is 25.4 Å². The van der Waals surface area contributed by atoms with E-state index in [0.29, 0.717) is 11.7 Å². The molecule has 14 nitrogen and oxygen atoms in total. The molecule has 4 heterocycles. The molecule has 16 heteroatoms. The van der Waals surface area contributed by atoms with Gasteiger partial charge in [0.25, 0.3) is 11.8 Å². The number of carbonyl (C=O) groups excluding carboxylic acids is 2. The molecule has 2 aliphatic rings. The Bertz CT molecular complexity index is 1450. The number of carbonyl (C=O) groups is 2. The maximum atomic E-state index is 13.1. The summed E-state index contributed by atoms with van der Waals surface area (Å²) in [5.41, 5.74) is 7.12. The van der Waals surface area contributed by atoms with Gasteiger partial charge in [-0.1, -0.05) is 17.3 Å². The Hall–Kier alpha value is -3.70. The number of nitrogens with two attached hydrogens (primary N) is 1. The molecule has 3 aromatic rings. The quantitative estimate of drug-likeness (QED) is 0.0546. The first-order valence-electron chi connectivity index (χ1n) is 13.2. The zero-order chi connectivity index (χ0) is 29.9. The fourth-order valence-electron chi connectivity index (χ4n) is 4.64. The molecule has 5 rings (SSSR count). The number of oxime groups is 1. The first-order chi connectivity index (χ1) is 20.2. The van der Waals surface area contributed by atoms with Crippen LogP contribution >= 0.6 is 23.7 Å². The van der Waals surface area contributed by atoms with Gasteiger partial charge in [0, 0.05) is 24.4 Å². The van der Waals surface area contributed by atoms with Gasteiger partial charge >= 0.3 is 0 Å². The standard InChI is InChI=1S/C26H32N8O6S2/c1-26(2)22(24(36)34(26)40-42-37)30-23(35)21(20-15-41-25(27)29-20)31-39-9-8-38-19-6-4-17(5-7-19)18-13-32(3)33(14-18)12-16-10-28-11-16/h4-7,13-16,22,28H,8-12H2,1-3H3,(H3-,27,29,30,35,37)/p+1/b31-21-. The normalized spacial score (nSPS) is 18.4. The number of ether oxygens (including phenoxy) is 1. The summed E-state index contributed by atoms with van der Waals surface area (Å²) in [4.78, 5) is 35.0. The van der Waals surface area contributed by atoms with Gasteiger partial charge in [0.2, 0.25) is 6.20 Å². The molecule has 2 aromatic heterocycles. The highest BCUT2D eigenvalue weighted by Crippen LogP contribution is 2.33. The Balaban J connectivity index is 1.15. The summed E-state index contributed by atoms with van der Waals surface area (Å²) in [5.74, 6) is 0.135. The molecule has 0 aliphatic carbocycles. The molecular weight excluding hydrogens is 584 g/mol. The van der Waals surface area contributed by atoms with Crippen LogP contribution in [0.4, 0.5) is 5.13 Å². The Morgan fingerprint density at radius 2 is 2.07 bits per heavy atom. The second-order valence-electron chi connectivity index (χ2n) is 10.5. The minimum Gasteiger partial charge on any atom is -0.490 e. The van der Waals surface area contributed by atoms with Crippen LogP contribution in [0.3, 0.4) is 0 Å². The van der Waals surface area contributed by atoms with E-state index in [0.717, 1.165) is 47.2 Å². The molecule has 0 radical (unpaired) electrons. The number of hydrogen-bond acceptors (Lipinski definition) is 12. The lowest BCUT2D eigenvalue weighted by atomic mass is 9.84. The number of amides is 2. The van der Waals surface area contributed by atoms with E-state index in [-0.39, 0.29) is 42.1 Å². The third-order valence-corrected chi connectivity index (χ3v) is 8.05. The van der Waals surface area contributed by atoms with E-state index in [4.69, 9.17) is 24.1 Å². The fraction of sp³-hybridized carbons (Fsp3) is 0.423. The van der Waals surface area contributed by atoms with Crippen molar-refractivity contribution in [2.75, 3.05) is 32.0 Å². The number of hydroxylamine groups is 2. The van der Waals surface area contributed by atoms with Crippen LogP contribution in [0, 0.1) is 5.92 Å². The van der Waals surface area contributed by atoms with Crippen molar-refractivity contribution in [3.63, 3.8) is 0 Å². The number of thiazole rings is 1. The third kappa shape index (κ3) is 6.37. The van der Waals surface area contributed by atoms with E-state index >= 15 is 0 Å². The zero-order valence-corrected chi connectivity index (χ0v) is 25.0. The first kappa shape index (κ1) is 29.8. The molecule has 42 heavy (non-hydrogen) atoms. The SMILES string of the molecule is C[n+]1cc(-c2ccc(OCCO/N=C(\C(=O)NC3C(=O)N(OSO)C3(C)C)c3csc(N)n3)cc2)cn1CC1CNC1. The van der Waals surface area contributed by atoms with E-state index in [2.05, 4.69) is 42.5 Å². The Morgan fingerprint density at radius 1 is 1.31 bits per heavy atom. The van der Waals surface area contributed by atoms with Crippen LogP contribution in [0.2, 0.25) is 0 Å². The minimum atomic E-state index is -0.911. The molecule has 0 bridgehead atoms. The van der Waals surface area contributed by atoms with Gasteiger partial charge in [-0.15, -0.1) is 16.0 Å². The highest BCUT2D eigenvalue weighted by Gasteiger charge is 2.57. The number of nitrogens with zero attached hydrogens (tertiary/aromatic N) is 5. The third-order valence-electron chi connectivity index (χ3n) is 7.16. The smallest absolute Gasteiger partial charge is 0.276 e. The van der Waals surface area contributed by atoms with E-state index < -0.39 is 23.4 Å². The van der Waals surface area contributed by atoms with E-state index in [1.807, 2.05) is 31.3 Å². The van der Waals surface area contributed by atoms with Crippen LogP contribution in [-0.4, -0.2) is 74.7 Å². The largest absolute Gasteiger partial charge is 0.490 e. The van der Waals surface area contributed by atoms with Crippen molar-refractivity contribution < 1.29 is 32.7 Å². The van der Waals surface area contributed by atoms with Gasteiger partial charge in [-0.05, 0) is 31.5 Å². The number of nitrogens with one attached hydrogen (secondary N) is 2. The number of anilines is 1. The van der Waals surface area contributed by atoms with Crippen LogP contribution in [-0.2, 0) is 32.3 Å². The van der Waals surface area contributed by atoms with Gasteiger partial charge < -0.3 is 30.5 Å². The molecule has 2 fully saturated rings. The summed E-state index contributed by atoms with van der Waals surface area (Å²) >= 11 is 1.19. The molecule has 2 saturated heterocycles. The molecule has 2 aliphatic heterocycles. The first-order valence-corrected chi connectivity index (χ1v) is 14.8. The summed E-state index contributed by atoms with van der Waals surface area (Å²) in [5, 5.41) is 12.7. The number of aryl methyl sites for hydroxylation is 1. The molecule has 1 aromatic carbocycles. The number of nitrogen functional groups attached to an aromatic ring is 1. The van der Waals surface area contributed by atoms with Gasteiger partial charge in [-0.3, -0.25) is 9.59 Å². The fourth-order valence-corrected chi connectivity index (χ4v) is 5.52. The summed E-state index contributed by atoms with van der Waals surface area (Å²) in [6.45, 7) is 6.69. The summed E-state index contributed by atoms with van der Waals surface area (Å²) in [6.07, 6.45) is 4.26.